The summed E-state index contributed by atoms with van der Waals surface area (Å²) in [6.07, 6.45) is 2.50. The van der Waals surface area contributed by atoms with Crippen molar-refractivity contribution in [3.8, 4) is 5.75 Å². The van der Waals surface area contributed by atoms with Crippen LogP contribution in [0.4, 0.5) is 0 Å². The van der Waals surface area contributed by atoms with Gasteiger partial charge in [-0.3, -0.25) is 4.79 Å². The Labute approximate surface area is 141 Å². The lowest BCUT2D eigenvalue weighted by molar-refractivity contribution is -0.146. The molecular formula is C15H20N2O6S. The number of esters is 1. The summed E-state index contributed by atoms with van der Waals surface area (Å²) >= 11 is 0. The van der Waals surface area contributed by atoms with Crippen LogP contribution in [0.3, 0.4) is 0 Å². The average Bonchev–Trinajstić information content (AvgIpc) is 2.57. The number of nitrogens with one attached hydrogen (secondary N) is 1. The molecule has 0 unspecified atom stereocenters. The van der Waals surface area contributed by atoms with Crippen LogP contribution in [0.25, 0.3) is 6.08 Å². The minimum absolute atomic E-state index is 0.0502. The molecule has 1 aromatic rings. The van der Waals surface area contributed by atoms with Gasteiger partial charge >= 0.3 is 5.97 Å². The predicted octanol–water partition coefficient (Wildman–Crippen LogP) is 0.248. The fourth-order valence-electron chi connectivity index (χ4n) is 1.59. The fourth-order valence-corrected chi connectivity index (χ4v) is 2.52. The topological polar surface area (TPSA) is 102 Å². The van der Waals surface area contributed by atoms with Crippen LogP contribution in [0, 0.1) is 0 Å². The molecule has 0 atom stereocenters. The van der Waals surface area contributed by atoms with Crippen molar-refractivity contribution in [2.45, 2.75) is 4.90 Å². The van der Waals surface area contributed by atoms with Crippen molar-refractivity contribution in [1.29, 1.82) is 0 Å². The molecule has 0 aliphatic carbocycles. The molecule has 1 amide bonds. The van der Waals surface area contributed by atoms with Crippen molar-refractivity contribution < 1.29 is 27.5 Å². The minimum Gasteiger partial charge on any atom is -0.495 e. The van der Waals surface area contributed by atoms with Gasteiger partial charge in [-0.15, -0.1) is 0 Å². The lowest BCUT2D eigenvalue weighted by Crippen LogP contribution is -2.27. The van der Waals surface area contributed by atoms with Gasteiger partial charge in [0.25, 0.3) is 5.91 Å². The second-order valence-corrected chi connectivity index (χ2v) is 6.70. The van der Waals surface area contributed by atoms with Crippen molar-refractivity contribution in [3.63, 3.8) is 0 Å². The Morgan fingerprint density at radius 1 is 1.29 bits per heavy atom. The van der Waals surface area contributed by atoms with E-state index in [1.165, 1.54) is 37.3 Å². The third-order valence-corrected chi connectivity index (χ3v) is 4.43. The highest BCUT2D eigenvalue weighted by Crippen LogP contribution is 2.25. The van der Waals surface area contributed by atoms with Gasteiger partial charge in [0.2, 0.25) is 10.0 Å². The maximum absolute atomic E-state index is 12.0. The Morgan fingerprint density at radius 2 is 1.96 bits per heavy atom. The van der Waals surface area contributed by atoms with Crippen LogP contribution in [0.15, 0.2) is 29.2 Å². The maximum Gasteiger partial charge on any atom is 0.331 e. The van der Waals surface area contributed by atoms with Gasteiger partial charge in [0.1, 0.15) is 10.6 Å². The molecule has 1 rings (SSSR count). The van der Waals surface area contributed by atoms with E-state index in [9.17, 15) is 18.0 Å². The molecule has 0 aromatic heterocycles. The van der Waals surface area contributed by atoms with E-state index in [0.717, 1.165) is 6.08 Å². The molecule has 1 N–H and O–H groups in total. The first-order valence-electron chi connectivity index (χ1n) is 6.88. The molecule has 0 aliphatic rings. The molecule has 8 nitrogen and oxygen atoms in total. The monoisotopic (exact) mass is 356 g/mol. The van der Waals surface area contributed by atoms with Crippen LogP contribution in [-0.2, 0) is 24.3 Å². The van der Waals surface area contributed by atoms with Gasteiger partial charge in [0.15, 0.2) is 6.61 Å². The number of carbonyl (C=O) groups excluding carboxylic acids is 2. The van der Waals surface area contributed by atoms with Gasteiger partial charge in [0.05, 0.1) is 7.11 Å². The molecule has 24 heavy (non-hydrogen) atoms. The Bertz CT molecular complexity index is 740. The van der Waals surface area contributed by atoms with Crippen molar-refractivity contribution in [2.24, 2.45) is 0 Å². The van der Waals surface area contributed by atoms with Gasteiger partial charge in [0, 0.05) is 20.2 Å². The number of ether oxygens (including phenoxy) is 2. The first kappa shape index (κ1) is 19.7. The number of hydrogen-bond acceptors (Lipinski definition) is 6. The van der Waals surface area contributed by atoms with E-state index in [4.69, 9.17) is 9.47 Å². The highest BCUT2D eigenvalue weighted by molar-refractivity contribution is 7.89. The summed E-state index contributed by atoms with van der Waals surface area (Å²) in [5, 5.41) is 0. The summed E-state index contributed by atoms with van der Waals surface area (Å²) in [7, 11) is 2.04. The van der Waals surface area contributed by atoms with Gasteiger partial charge in [-0.05, 0) is 30.8 Å². The molecule has 0 heterocycles. The zero-order chi connectivity index (χ0) is 18.3. The van der Waals surface area contributed by atoms with Gasteiger partial charge < -0.3 is 14.4 Å². The number of benzene rings is 1. The molecule has 0 fully saturated rings. The Morgan fingerprint density at radius 3 is 2.50 bits per heavy atom. The summed E-state index contributed by atoms with van der Waals surface area (Å²) in [5.41, 5.74) is 0.459. The maximum atomic E-state index is 12.0. The number of nitrogens with zero attached hydrogens (tertiary/aromatic N) is 1. The Hall–Kier alpha value is -2.39. The average molecular weight is 356 g/mol. The van der Waals surface area contributed by atoms with Crippen LogP contribution in [0.2, 0.25) is 0 Å². The lowest BCUT2D eigenvalue weighted by Gasteiger charge is -2.10. The molecule has 0 saturated carbocycles. The van der Waals surface area contributed by atoms with Gasteiger partial charge in [-0.25, -0.2) is 17.9 Å². The van der Waals surface area contributed by atoms with Crippen LogP contribution in [-0.4, -0.2) is 60.1 Å². The standard InChI is InChI=1S/C15H20N2O6S/c1-16-24(20,21)13-9-11(5-7-12(13)22-4)6-8-15(19)23-10-14(18)17(2)3/h5-9,16H,10H2,1-4H3/b8-6+. The highest BCUT2D eigenvalue weighted by Gasteiger charge is 2.17. The number of carbonyl (C=O) groups is 2. The number of methoxy groups -OCH3 is 1. The van der Waals surface area contributed by atoms with E-state index in [1.54, 1.807) is 20.2 Å². The smallest absolute Gasteiger partial charge is 0.331 e. The summed E-state index contributed by atoms with van der Waals surface area (Å²) in [4.78, 5) is 24.1. The summed E-state index contributed by atoms with van der Waals surface area (Å²) in [6.45, 7) is -0.363. The SMILES string of the molecule is CNS(=O)(=O)c1cc(/C=C/C(=O)OCC(=O)N(C)C)ccc1OC. The molecular weight excluding hydrogens is 336 g/mol. The normalized spacial score (nSPS) is 11.3. The molecule has 1 aromatic carbocycles. The molecule has 0 spiro atoms. The van der Waals surface area contributed by atoms with Crippen molar-refractivity contribution in [2.75, 3.05) is 34.9 Å². The zero-order valence-corrected chi connectivity index (χ0v) is 14.7. The first-order valence-corrected chi connectivity index (χ1v) is 8.36. The zero-order valence-electron chi connectivity index (χ0n) is 13.9. The van der Waals surface area contributed by atoms with E-state index >= 15 is 0 Å². The van der Waals surface area contributed by atoms with Crippen LogP contribution >= 0.6 is 0 Å². The van der Waals surface area contributed by atoms with Crippen LogP contribution < -0.4 is 9.46 Å². The van der Waals surface area contributed by atoms with E-state index in [1.807, 2.05) is 0 Å². The van der Waals surface area contributed by atoms with Crippen molar-refractivity contribution >= 4 is 28.0 Å². The molecule has 0 bridgehead atoms. The second kappa shape index (κ2) is 8.46. The predicted molar refractivity (Wildman–Crippen MR) is 87.9 cm³/mol. The van der Waals surface area contributed by atoms with Crippen molar-refractivity contribution in [1.82, 2.24) is 9.62 Å². The number of amides is 1. The molecule has 0 radical (unpaired) electrons. The van der Waals surface area contributed by atoms with E-state index in [-0.39, 0.29) is 23.2 Å². The Kier molecular flexibility index (Phi) is 6.93. The lowest BCUT2D eigenvalue weighted by atomic mass is 10.2. The minimum atomic E-state index is -3.71. The molecule has 0 saturated heterocycles. The summed E-state index contributed by atoms with van der Waals surface area (Å²) in [5.74, 6) is -0.872. The number of sulfonamides is 1. The Balaban J connectivity index is 2.90. The molecule has 9 heteroatoms. The third kappa shape index (κ3) is 5.36. The third-order valence-electron chi connectivity index (χ3n) is 2.99. The van der Waals surface area contributed by atoms with Crippen LogP contribution in [0.1, 0.15) is 5.56 Å². The van der Waals surface area contributed by atoms with E-state index in [0.29, 0.717) is 5.56 Å². The number of likely N-dealkylation sites (N-methyl/N-ethyl adjacent to an activating group) is 1. The van der Waals surface area contributed by atoms with Gasteiger partial charge in [-0.1, -0.05) is 6.07 Å². The van der Waals surface area contributed by atoms with Gasteiger partial charge in [-0.2, -0.15) is 0 Å². The summed E-state index contributed by atoms with van der Waals surface area (Å²) in [6, 6.07) is 4.42. The fraction of sp³-hybridized carbons (Fsp3) is 0.333. The second-order valence-electron chi connectivity index (χ2n) is 4.85. The highest BCUT2D eigenvalue weighted by atomic mass is 32.2. The first-order chi connectivity index (χ1) is 11.2. The van der Waals surface area contributed by atoms with Crippen molar-refractivity contribution in [3.05, 3.63) is 29.8 Å². The van der Waals surface area contributed by atoms with E-state index in [2.05, 4.69) is 4.72 Å². The molecule has 132 valence electrons. The van der Waals surface area contributed by atoms with E-state index < -0.39 is 16.0 Å². The quantitative estimate of drug-likeness (QED) is 0.555. The van der Waals surface area contributed by atoms with Crippen LogP contribution in [0.5, 0.6) is 5.75 Å². The number of rotatable bonds is 7. The summed E-state index contributed by atoms with van der Waals surface area (Å²) < 4.78 is 35.9. The largest absolute Gasteiger partial charge is 0.495 e. The number of hydrogen-bond donors (Lipinski definition) is 1. The molecule has 0 aliphatic heterocycles.